The topological polar surface area (TPSA) is 93.8 Å². The Bertz CT molecular complexity index is 1520. The second-order valence-electron chi connectivity index (χ2n) is 9.32. The molecule has 0 amide bonds. The van der Waals surface area contributed by atoms with Crippen LogP contribution in [0.15, 0.2) is 66.0 Å². The Labute approximate surface area is 223 Å². The molecule has 2 aromatic carbocycles. The van der Waals surface area contributed by atoms with E-state index in [9.17, 15) is 8.42 Å². The van der Waals surface area contributed by atoms with E-state index in [4.69, 9.17) is 14.2 Å². The van der Waals surface area contributed by atoms with Crippen LogP contribution >= 0.6 is 0 Å². The second-order valence-corrected chi connectivity index (χ2v) is 11.2. The highest BCUT2D eigenvalue weighted by Gasteiger charge is 2.37. The van der Waals surface area contributed by atoms with Crippen LogP contribution in [0.5, 0.6) is 17.2 Å². The van der Waals surface area contributed by atoms with E-state index in [1.807, 2.05) is 43.5 Å². The molecule has 200 valence electrons. The third kappa shape index (κ3) is 4.96. The summed E-state index contributed by atoms with van der Waals surface area (Å²) in [5, 5.41) is 1.12. The zero-order valence-electron chi connectivity index (χ0n) is 21.9. The lowest BCUT2D eigenvalue weighted by molar-refractivity contribution is 0.281. The molecule has 0 spiro atoms. The number of aromatic nitrogens is 2. The van der Waals surface area contributed by atoms with Crippen molar-refractivity contribution in [1.82, 2.24) is 14.3 Å². The molecule has 0 aliphatic carbocycles. The first-order valence-electron chi connectivity index (χ1n) is 12.9. The molecule has 1 N–H and O–H groups in total. The molecule has 8 nitrogen and oxygen atoms in total. The molecular formula is C29H33N3O5S. The van der Waals surface area contributed by atoms with Crippen LogP contribution in [0.2, 0.25) is 0 Å². The quantitative estimate of drug-likeness (QED) is 0.297. The highest BCUT2D eigenvalue weighted by Crippen LogP contribution is 2.42. The number of ether oxygens (including phenoxy) is 3. The fourth-order valence-corrected chi connectivity index (χ4v) is 6.91. The maximum Gasteiger partial charge on any atom is 0.245 e. The van der Waals surface area contributed by atoms with E-state index in [0.717, 1.165) is 40.6 Å². The van der Waals surface area contributed by atoms with Crippen molar-refractivity contribution in [1.29, 1.82) is 0 Å². The van der Waals surface area contributed by atoms with Crippen LogP contribution in [0.1, 0.15) is 42.5 Å². The van der Waals surface area contributed by atoms with Crippen LogP contribution in [-0.4, -0.2) is 50.1 Å². The molecule has 1 aliphatic heterocycles. The van der Waals surface area contributed by atoms with E-state index < -0.39 is 10.0 Å². The molecular weight excluding hydrogens is 502 g/mol. The predicted molar refractivity (Wildman–Crippen MR) is 147 cm³/mol. The zero-order chi connectivity index (χ0) is 26.7. The summed E-state index contributed by atoms with van der Waals surface area (Å²) in [6.45, 7) is 2.80. The predicted octanol–water partition coefficient (Wildman–Crippen LogP) is 5.29. The highest BCUT2D eigenvalue weighted by atomic mass is 32.2. The summed E-state index contributed by atoms with van der Waals surface area (Å²) in [4.78, 5) is 7.60. The molecule has 0 unspecified atom stereocenters. The first kappa shape index (κ1) is 26.1. The van der Waals surface area contributed by atoms with Gasteiger partial charge in [-0.25, -0.2) is 8.42 Å². The van der Waals surface area contributed by atoms with E-state index >= 15 is 0 Å². The van der Waals surface area contributed by atoms with E-state index in [-0.39, 0.29) is 10.9 Å². The summed E-state index contributed by atoms with van der Waals surface area (Å²) in [5.41, 5.74) is 4.29. The Morgan fingerprint density at radius 1 is 1.11 bits per heavy atom. The minimum Gasteiger partial charge on any atom is -0.497 e. The average molecular weight is 536 g/mol. The number of methoxy groups -OCH3 is 2. The third-order valence-corrected chi connectivity index (χ3v) is 9.06. The Balaban J connectivity index is 1.48. The minimum atomic E-state index is -3.75. The van der Waals surface area contributed by atoms with Gasteiger partial charge in [0.25, 0.3) is 0 Å². The standard InChI is InChI=1S/C29H33N3O5S/c1-4-37-29-17-25-20(15-28(29)36-3)12-14-32(38(33,34)23-8-6-13-30-19-23)27(25)9-5-7-21-18-31-26-11-10-22(35-2)16-24(21)26/h6,8,10-11,13,15-19,27,31H,4-5,7,9,12,14H2,1-3H3/t27-/m0/s1. The Hall–Kier alpha value is -3.56. The van der Waals surface area contributed by atoms with Gasteiger partial charge in [0, 0.05) is 36.0 Å². The fourth-order valence-electron chi connectivity index (χ4n) is 5.31. The first-order valence-corrected chi connectivity index (χ1v) is 14.3. The van der Waals surface area contributed by atoms with Gasteiger partial charge < -0.3 is 19.2 Å². The van der Waals surface area contributed by atoms with Crippen molar-refractivity contribution in [3.8, 4) is 17.2 Å². The smallest absolute Gasteiger partial charge is 0.245 e. The molecule has 0 fully saturated rings. The van der Waals surface area contributed by atoms with Crippen molar-refractivity contribution < 1.29 is 22.6 Å². The van der Waals surface area contributed by atoms with Gasteiger partial charge in [-0.2, -0.15) is 4.31 Å². The van der Waals surface area contributed by atoms with Gasteiger partial charge in [-0.1, -0.05) is 0 Å². The summed E-state index contributed by atoms with van der Waals surface area (Å²) in [6, 6.07) is 12.9. The lowest BCUT2D eigenvalue weighted by Gasteiger charge is -2.37. The van der Waals surface area contributed by atoms with Gasteiger partial charge in [-0.05, 0) is 91.8 Å². The van der Waals surface area contributed by atoms with Gasteiger partial charge in [0.1, 0.15) is 10.6 Å². The highest BCUT2D eigenvalue weighted by molar-refractivity contribution is 7.89. The molecule has 38 heavy (non-hydrogen) atoms. The Morgan fingerprint density at radius 3 is 2.71 bits per heavy atom. The number of aryl methyl sites for hydroxylation is 1. The summed E-state index contributed by atoms with van der Waals surface area (Å²) in [5.74, 6) is 2.11. The number of sulfonamides is 1. The number of hydrogen-bond donors (Lipinski definition) is 1. The van der Waals surface area contributed by atoms with Gasteiger partial charge in [0.15, 0.2) is 11.5 Å². The van der Waals surface area contributed by atoms with Gasteiger partial charge in [-0.15, -0.1) is 0 Å². The van der Waals surface area contributed by atoms with Crippen molar-refractivity contribution in [2.24, 2.45) is 0 Å². The summed E-state index contributed by atoms with van der Waals surface area (Å²) >= 11 is 0. The van der Waals surface area contributed by atoms with Gasteiger partial charge in [0.05, 0.1) is 26.9 Å². The number of fused-ring (bicyclic) bond motifs is 2. The summed E-state index contributed by atoms with van der Waals surface area (Å²) < 4.78 is 46.1. The van der Waals surface area contributed by atoms with Gasteiger partial charge >= 0.3 is 0 Å². The molecule has 9 heteroatoms. The maximum absolute atomic E-state index is 13.8. The number of nitrogens with one attached hydrogen (secondary N) is 1. The molecule has 4 aromatic rings. The molecule has 0 radical (unpaired) electrons. The molecule has 2 aromatic heterocycles. The number of H-pyrrole nitrogens is 1. The van der Waals surface area contributed by atoms with Crippen LogP contribution in [0, 0.1) is 0 Å². The minimum absolute atomic E-state index is 0.204. The summed E-state index contributed by atoms with van der Waals surface area (Å²) in [6.07, 6.45) is 7.87. The molecule has 0 saturated heterocycles. The number of benzene rings is 2. The molecule has 0 bridgehead atoms. The van der Waals surface area contributed by atoms with Crippen LogP contribution in [0.25, 0.3) is 10.9 Å². The van der Waals surface area contributed by atoms with Crippen LogP contribution in [0.3, 0.4) is 0 Å². The third-order valence-electron chi connectivity index (χ3n) is 7.17. The average Bonchev–Trinajstić information content (AvgIpc) is 3.35. The van der Waals surface area contributed by atoms with Crippen LogP contribution in [0.4, 0.5) is 0 Å². The van der Waals surface area contributed by atoms with E-state index in [2.05, 4.69) is 9.97 Å². The lowest BCUT2D eigenvalue weighted by Crippen LogP contribution is -2.40. The lowest BCUT2D eigenvalue weighted by atomic mass is 9.90. The molecule has 0 saturated carbocycles. The normalized spacial score (nSPS) is 15.8. The first-order chi connectivity index (χ1) is 18.5. The zero-order valence-corrected chi connectivity index (χ0v) is 22.8. The molecule has 3 heterocycles. The Morgan fingerprint density at radius 2 is 1.97 bits per heavy atom. The number of rotatable bonds is 10. The number of nitrogens with zero attached hydrogens (tertiary/aromatic N) is 2. The molecule has 1 aliphatic rings. The number of hydrogen-bond acceptors (Lipinski definition) is 6. The van der Waals surface area contributed by atoms with Crippen LogP contribution < -0.4 is 14.2 Å². The maximum atomic E-state index is 13.8. The summed E-state index contributed by atoms with van der Waals surface area (Å²) in [7, 11) is -0.458. The Kier molecular flexibility index (Phi) is 7.58. The van der Waals surface area contributed by atoms with Crippen molar-refractivity contribution >= 4 is 20.9 Å². The number of pyridine rings is 1. The SMILES string of the molecule is CCOc1cc2c(cc1OC)CCN(S(=O)(=O)c1cccnc1)[C@H]2CCCc1c[nH]c2ccc(OC)cc12. The largest absolute Gasteiger partial charge is 0.497 e. The van der Waals surface area contributed by atoms with Crippen molar-refractivity contribution in [3.05, 3.63) is 77.7 Å². The van der Waals surface area contributed by atoms with E-state index in [1.165, 1.54) is 11.8 Å². The van der Waals surface area contributed by atoms with Gasteiger partial charge in [-0.3, -0.25) is 4.98 Å². The van der Waals surface area contributed by atoms with Gasteiger partial charge in [0.2, 0.25) is 10.0 Å². The fraction of sp³-hybridized carbons (Fsp3) is 0.345. The monoisotopic (exact) mass is 535 g/mol. The molecule has 1 atom stereocenters. The van der Waals surface area contributed by atoms with Crippen molar-refractivity contribution in [3.63, 3.8) is 0 Å². The van der Waals surface area contributed by atoms with Crippen molar-refractivity contribution in [2.45, 2.75) is 43.5 Å². The second kappa shape index (κ2) is 11.0. The van der Waals surface area contributed by atoms with E-state index in [1.54, 1.807) is 36.9 Å². The van der Waals surface area contributed by atoms with Crippen LogP contribution in [-0.2, 0) is 22.9 Å². The number of aromatic amines is 1. The van der Waals surface area contributed by atoms with Crippen molar-refractivity contribution in [2.75, 3.05) is 27.4 Å². The molecule has 5 rings (SSSR count). The van der Waals surface area contributed by atoms with E-state index in [0.29, 0.717) is 37.5 Å².